The summed E-state index contributed by atoms with van der Waals surface area (Å²) in [7, 11) is 5.34. The van der Waals surface area contributed by atoms with Gasteiger partial charge in [0.1, 0.15) is 0 Å². The minimum absolute atomic E-state index is 0.0550. The zero-order valence-corrected chi connectivity index (χ0v) is 23.4. The van der Waals surface area contributed by atoms with Gasteiger partial charge in [-0.25, -0.2) is 9.59 Å². The number of likely N-dealkylation sites (N-methyl/N-ethyl adjacent to an activating group) is 1. The van der Waals surface area contributed by atoms with E-state index >= 15 is 0 Å². The van der Waals surface area contributed by atoms with Gasteiger partial charge in [-0.15, -0.1) is 0 Å². The van der Waals surface area contributed by atoms with Gasteiger partial charge in [-0.05, 0) is 81.6 Å². The van der Waals surface area contributed by atoms with Crippen LogP contribution in [0.1, 0.15) is 42.4 Å². The Balaban J connectivity index is 0.000000616. The van der Waals surface area contributed by atoms with Gasteiger partial charge in [0.15, 0.2) is 11.5 Å². The number of carbonyl (C=O) groups excluding carboxylic acids is 1. The maximum Gasteiger partial charge on any atom is 0.490 e. The molecule has 42 heavy (non-hydrogen) atoms. The van der Waals surface area contributed by atoms with Crippen molar-refractivity contribution in [2.45, 2.75) is 62.5 Å². The molecular weight excluding hydrogens is 572 g/mol. The zero-order valence-electron chi connectivity index (χ0n) is 23.4. The van der Waals surface area contributed by atoms with Crippen molar-refractivity contribution in [1.82, 2.24) is 10.2 Å². The van der Waals surface area contributed by atoms with Crippen LogP contribution in [-0.2, 0) is 16.4 Å². The van der Waals surface area contributed by atoms with Crippen molar-refractivity contribution in [1.29, 1.82) is 0 Å². The van der Waals surface area contributed by atoms with Crippen LogP contribution in [0.5, 0.6) is 11.5 Å². The van der Waals surface area contributed by atoms with Gasteiger partial charge in [0, 0.05) is 23.2 Å². The third-order valence-corrected chi connectivity index (χ3v) is 7.88. The maximum absolute atomic E-state index is 13.1. The fourth-order valence-corrected chi connectivity index (χ4v) is 5.67. The number of likely N-dealkylation sites (tertiary alicyclic amines) is 1. The van der Waals surface area contributed by atoms with Crippen LogP contribution in [-0.4, -0.2) is 68.1 Å². The Morgan fingerprint density at radius 1 is 1.00 bits per heavy atom. The highest BCUT2D eigenvalue weighted by atomic mass is 19.4. The standard InChI is InChI=1S/C26H32F3N3O3.C2HF3O2/c1-16-5-6-18(26(27,28)29)13-20(16)31-24(33)30-19-9-10-25(11-12-32(2)23(25)15-19)17-7-8-21(34-3)22(14-17)35-4;3-2(4,5)1(6)7/h5-8,13-14,19,23H,9-12,15H2,1-4H3,(H2,30,31,33);(H,6,7)/t19-,23+,25+;/m1./s1. The molecule has 1 aliphatic heterocycles. The van der Waals surface area contributed by atoms with Crippen molar-refractivity contribution in [3.63, 3.8) is 0 Å². The smallest absolute Gasteiger partial charge is 0.490 e. The van der Waals surface area contributed by atoms with Gasteiger partial charge >= 0.3 is 24.4 Å². The molecule has 0 aromatic heterocycles. The Morgan fingerprint density at radius 3 is 2.21 bits per heavy atom. The van der Waals surface area contributed by atoms with Gasteiger partial charge < -0.3 is 30.1 Å². The number of hydrogen-bond acceptors (Lipinski definition) is 5. The van der Waals surface area contributed by atoms with Gasteiger partial charge in [0.2, 0.25) is 0 Å². The van der Waals surface area contributed by atoms with E-state index in [4.69, 9.17) is 19.4 Å². The van der Waals surface area contributed by atoms with E-state index in [1.807, 2.05) is 6.07 Å². The number of urea groups is 1. The van der Waals surface area contributed by atoms with Crippen molar-refractivity contribution >= 4 is 17.7 Å². The molecular formula is C28H33F6N3O5. The minimum Gasteiger partial charge on any atom is -0.493 e. The number of fused-ring (bicyclic) bond motifs is 1. The largest absolute Gasteiger partial charge is 0.493 e. The molecule has 2 aromatic carbocycles. The maximum atomic E-state index is 13.1. The highest BCUT2D eigenvalue weighted by molar-refractivity contribution is 5.90. The van der Waals surface area contributed by atoms with Crippen molar-refractivity contribution in [3.8, 4) is 11.5 Å². The van der Waals surface area contributed by atoms with Crippen molar-refractivity contribution in [2.75, 3.05) is 33.1 Å². The lowest BCUT2D eigenvalue weighted by atomic mass is 9.65. The first kappa shape index (κ1) is 32.8. The molecule has 0 unspecified atom stereocenters. The molecule has 0 bridgehead atoms. The van der Waals surface area contributed by atoms with E-state index in [9.17, 15) is 31.1 Å². The van der Waals surface area contributed by atoms with Crippen LogP contribution >= 0.6 is 0 Å². The van der Waals surface area contributed by atoms with Crippen LogP contribution < -0.4 is 20.1 Å². The van der Waals surface area contributed by atoms with Gasteiger partial charge in [0.05, 0.1) is 19.8 Å². The number of ether oxygens (including phenoxy) is 2. The van der Waals surface area contributed by atoms with Crippen molar-refractivity contribution in [2.24, 2.45) is 0 Å². The Morgan fingerprint density at radius 2 is 1.64 bits per heavy atom. The molecule has 1 saturated carbocycles. The number of aliphatic carboxylic acids is 1. The lowest BCUT2D eigenvalue weighted by molar-refractivity contribution is -0.192. The summed E-state index contributed by atoms with van der Waals surface area (Å²) in [5.41, 5.74) is 1.08. The highest BCUT2D eigenvalue weighted by Gasteiger charge is 2.50. The first-order valence-corrected chi connectivity index (χ1v) is 13.0. The van der Waals surface area contributed by atoms with Gasteiger partial charge in [-0.3, -0.25) is 0 Å². The number of methoxy groups -OCH3 is 2. The Hall–Kier alpha value is -3.68. The van der Waals surface area contributed by atoms with Gasteiger partial charge in [-0.2, -0.15) is 26.3 Å². The summed E-state index contributed by atoms with van der Waals surface area (Å²) in [6, 6.07) is 9.10. The first-order valence-electron chi connectivity index (χ1n) is 13.0. The molecule has 8 nitrogen and oxygen atoms in total. The monoisotopic (exact) mass is 605 g/mol. The minimum atomic E-state index is -5.08. The van der Waals surface area contributed by atoms with Crippen LogP contribution in [0.2, 0.25) is 0 Å². The summed E-state index contributed by atoms with van der Waals surface area (Å²) in [5, 5.41) is 12.7. The topological polar surface area (TPSA) is 100 Å². The second-order valence-corrected chi connectivity index (χ2v) is 10.4. The molecule has 1 heterocycles. The first-order chi connectivity index (χ1) is 19.5. The molecule has 1 saturated heterocycles. The third-order valence-electron chi connectivity index (χ3n) is 7.88. The predicted octanol–water partition coefficient (Wildman–Crippen LogP) is 5.98. The second-order valence-electron chi connectivity index (χ2n) is 10.4. The number of halogens is 6. The van der Waals surface area contributed by atoms with E-state index < -0.39 is 29.9 Å². The van der Waals surface area contributed by atoms with E-state index in [1.165, 1.54) is 11.6 Å². The van der Waals surface area contributed by atoms with Crippen molar-refractivity contribution < 1.29 is 50.5 Å². The molecule has 3 N–H and O–H groups in total. The number of rotatable bonds is 5. The molecule has 2 aliphatic rings. The van der Waals surface area contributed by atoms with Crippen molar-refractivity contribution in [3.05, 3.63) is 53.1 Å². The number of aryl methyl sites for hydroxylation is 1. The van der Waals surface area contributed by atoms with Crippen LogP contribution in [0.3, 0.4) is 0 Å². The number of carbonyl (C=O) groups is 2. The summed E-state index contributed by atoms with van der Waals surface area (Å²) >= 11 is 0. The Kier molecular flexibility index (Phi) is 9.91. The summed E-state index contributed by atoms with van der Waals surface area (Å²) in [6.07, 6.45) is -6.14. The fraction of sp³-hybridized carbons (Fsp3) is 0.500. The highest BCUT2D eigenvalue weighted by Crippen LogP contribution is 2.50. The Bertz CT molecular complexity index is 1290. The van der Waals surface area contributed by atoms with Crippen LogP contribution in [0.25, 0.3) is 0 Å². The summed E-state index contributed by atoms with van der Waals surface area (Å²) in [4.78, 5) is 24.0. The lowest BCUT2D eigenvalue weighted by Crippen LogP contribution is -2.52. The number of nitrogens with one attached hydrogen (secondary N) is 2. The quantitative estimate of drug-likeness (QED) is 0.363. The summed E-state index contributed by atoms with van der Waals surface area (Å²) in [5.74, 6) is -1.37. The number of carboxylic acid groups (broad SMARTS) is 1. The predicted molar refractivity (Wildman–Crippen MR) is 142 cm³/mol. The number of nitrogens with zero attached hydrogens (tertiary/aromatic N) is 1. The molecule has 2 aromatic rings. The number of alkyl halides is 6. The van der Waals surface area contributed by atoms with E-state index in [2.05, 4.69) is 34.7 Å². The average molecular weight is 606 g/mol. The number of carboxylic acids is 1. The van der Waals surface area contributed by atoms with Crippen LogP contribution in [0.15, 0.2) is 36.4 Å². The number of hydrogen-bond donors (Lipinski definition) is 3. The van der Waals surface area contributed by atoms with E-state index in [0.29, 0.717) is 17.1 Å². The normalized spacial score (nSPS) is 22.3. The Labute approximate surface area is 239 Å². The van der Waals surface area contributed by atoms with E-state index in [-0.39, 0.29) is 23.2 Å². The molecule has 1 aliphatic carbocycles. The SMILES string of the molecule is COc1ccc([C@@]23CC[C@@H](NC(=O)Nc4cc(C(F)(F)F)ccc4C)C[C@@H]2N(C)CC3)cc1OC.O=C(O)C(F)(F)F. The van der Waals surface area contributed by atoms with E-state index in [1.54, 1.807) is 21.1 Å². The zero-order chi connectivity index (χ0) is 31.5. The van der Waals surface area contributed by atoms with Gasteiger partial charge in [0.25, 0.3) is 0 Å². The van der Waals surface area contributed by atoms with E-state index in [0.717, 1.165) is 44.4 Å². The number of benzene rings is 2. The number of anilines is 1. The fourth-order valence-electron chi connectivity index (χ4n) is 5.67. The second kappa shape index (κ2) is 12.7. The molecule has 0 radical (unpaired) electrons. The molecule has 14 heteroatoms. The molecule has 2 amide bonds. The molecule has 4 rings (SSSR count). The molecule has 3 atom stereocenters. The van der Waals surface area contributed by atoms with Gasteiger partial charge in [-0.1, -0.05) is 12.1 Å². The number of amides is 2. The van der Waals surface area contributed by atoms with Crippen LogP contribution in [0, 0.1) is 6.92 Å². The molecule has 0 spiro atoms. The molecule has 232 valence electrons. The summed E-state index contributed by atoms with van der Waals surface area (Å²) < 4.78 is 81.9. The lowest BCUT2D eigenvalue weighted by Gasteiger charge is -2.45. The van der Waals surface area contributed by atoms with Crippen LogP contribution in [0.4, 0.5) is 36.8 Å². The molecule has 2 fully saturated rings. The third kappa shape index (κ3) is 7.39. The summed E-state index contributed by atoms with van der Waals surface area (Å²) in [6.45, 7) is 2.61. The average Bonchev–Trinajstić information content (AvgIpc) is 3.25.